The van der Waals surface area contributed by atoms with Crippen LogP contribution in [0, 0.1) is 6.92 Å². The van der Waals surface area contributed by atoms with E-state index in [9.17, 15) is 9.59 Å². The van der Waals surface area contributed by atoms with Gasteiger partial charge in [-0.25, -0.2) is 4.90 Å². The number of nitrogens with zero attached hydrogens (tertiary/aromatic N) is 1. The first kappa shape index (κ1) is 14.4. The Morgan fingerprint density at radius 3 is 1.95 bits per heavy atom. The van der Waals surface area contributed by atoms with Crippen LogP contribution in [0.4, 0.5) is 5.69 Å². The Labute approximate surface area is 136 Å². The van der Waals surface area contributed by atoms with Gasteiger partial charge in [-0.1, -0.05) is 46.9 Å². The van der Waals surface area contributed by atoms with Crippen LogP contribution >= 0.6 is 34.8 Å². The van der Waals surface area contributed by atoms with Gasteiger partial charge in [0.15, 0.2) is 0 Å². The first-order valence-electron chi connectivity index (χ1n) is 6.05. The van der Waals surface area contributed by atoms with Gasteiger partial charge in [-0.2, -0.15) is 0 Å². The van der Waals surface area contributed by atoms with Gasteiger partial charge in [0.2, 0.25) is 0 Å². The van der Waals surface area contributed by atoms with Crippen LogP contribution in [0.2, 0.25) is 15.1 Å². The molecule has 0 atom stereocenters. The molecule has 21 heavy (non-hydrogen) atoms. The summed E-state index contributed by atoms with van der Waals surface area (Å²) in [7, 11) is 0. The van der Waals surface area contributed by atoms with Crippen LogP contribution in [0.15, 0.2) is 30.3 Å². The van der Waals surface area contributed by atoms with Crippen molar-refractivity contribution in [2.24, 2.45) is 0 Å². The summed E-state index contributed by atoms with van der Waals surface area (Å²) >= 11 is 18.4. The van der Waals surface area contributed by atoms with Gasteiger partial charge in [0.25, 0.3) is 11.8 Å². The van der Waals surface area contributed by atoms with Crippen molar-refractivity contribution in [2.45, 2.75) is 6.92 Å². The van der Waals surface area contributed by atoms with Crippen LogP contribution in [0.5, 0.6) is 0 Å². The number of hydrogen-bond donors (Lipinski definition) is 0. The van der Waals surface area contributed by atoms with E-state index in [-0.39, 0.29) is 15.7 Å². The monoisotopic (exact) mass is 339 g/mol. The highest BCUT2D eigenvalue weighted by Gasteiger charge is 2.38. The van der Waals surface area contributed by atoms with Crippen molar-refractivity contribution in [2.75, 3.05) is 4.90 Å². The zero-order valence-electron chi connectivity index (χ0n) is 10.8. The van der Waals surface area contributed by atoms with E-state index in [0.29, 0.717) is 21.7 Å². The van der Waals surface area contributed by atoms with Gasteiger partial charge in [0.1, 0.15) is 0 Å². The fraction of sp³-hybridized carbons (Fsp3) is 0.0667. The summed E-state index contributed by atoms with van der Waals surface area (Å²) in [5.74, 6) is -0.887. The molecular weight excluding hydrogens is 333 g/mol. The number of halogens is 3. The molecule has 3 nitrogen and oxygen atoms in total. The molecule has 1 aliphatic rings. The SMILES string of the molecule is Cc1c(Cl)cc(Cl)c(N2C(=O)c3ccccc3C2=O)c1Cl. The minimum absolute atomic E-state index is 0.158. The van der Waals surface area contributed by atoms with Crippen molar-refractivity contribution < 1.29 is 9.59 Å². The van der Waals surface area contributed by atoms with Crippen LogP contribution in [-0.2, 0) is 0 Å². The fourth-order valence-electron chi connectivity index (χ4n) is 2.27. The van der Waals surface area contributed by atoms with Crippen LogP contribution in [-0.4, -0.2) is 11.8 Å². The van der Waals surface area contributed by atoms with Gasteiger partial charge in [-0.05, 0) is 30.7 Å². The molecule has 0 saturated heterocycles. The molecule has 2 aromatic rings. The maximum atomic E-state index is 12.5. The minimum atomic E-state index is -0.443. The third-order valence-electron chi connectivity index (χ3n) is 3.39. The first-order chi connectivity index (χ1) is 9.93. The molecule has 0 unspecified atom stereocenters. The lowest BCUT2D eigenvalue weighted by Gasteiger charge is -2.19. The third-order valence-corrected chi connectivity index (χ3v) is 4.54. The van der Waals surface area contributed by atoms with Crippen molar-refractivity contribution in [3.63, 3.8) is 0 Å². The standard InChI is InChI=1S/C15H8Cl3NO2/c1-7-10(16)6-11(17)13(12(7)18)19-14(20)8-4-2-3-5-9(8)15(19)21/h2-6H,1H3. The quantitative estimate of drug-likeness (QED) is 0.702. The number of fused-ring (bicyclic) bond motifs is 1. The van der Waals surface area contributed by atoms with Gasteiger partial charge >= 0.3 is 0 Å². The van der Waals surface area contributed by atoms with E-state index in [1.807, 2.05) is 0 Å². The molecule has 0 fully saturated rings. The second-order valence-corrected chi connectivity index (χ2v) is 5.81. The summed E-state index contributed by atoms with van der Waals surface area (Å²) in [5, 5.41) is 0.734. The van der Waals surface area contributed by atoms with Gasteiger partial charge < -0.3 is 0 Å². The molecule has 0 aromatic heterocycles. The molecule has 0 N–H and O–H groups in total. The number of amides is 2. The molecule has 1 aliphatic heterocycles. The van der Waals surface area contributed by atoms with Crippen molar-refractivity contribution in [3.05, 3.63) is 62.1 Å². The summed E-state index contributed by atoms with van der Waals surface area (Å²) in [6, 6.07) is 8.07. The van der Waals surface area contributed by atoms with Crippen molar-refractivity contribution >= 4 is 52.3 Å². The van der Waals surface area contributed by atoms with Gasteiger partial charge in [0.05, 0.1) is 26.9 Å². The predicted octanol–water partition coefficient (Wildman–Crippen LogP) is 4.76. The van der Waals surface area contributed by atoms with E-state index >= 15 is 0 Å². The first-order valence-corrected chi connectivity index (χ1v) is 7.18. The van der Waals surface area contributed by atoms with Crippen LogP contribution in [0.25, 0.3) is 0 Å². The molecule has 1 heterocycles. The molecule has 2 aromatic carbocycles. The molecule has 6 heteroatoms. The Morgan fingerprint density at radius 2 is 1.43 bits per heavy atom. The second-order valence-electron chi connectivity index (χ2n) is 4.62. The number of hydrogen-bond acceptors (Lipinski definition) is 2. The van der Waals surface area contributed by atoms with E-state index in [1.165, 1.54) is 6.07 Å². The summed E-state index contributed by atoms with van der Waals surface area (Å²) < 4.78 is 0. The zero-order valence-corrected chi connectivity index (χ0v) is 13.1. The number of carbonyl (C=O) groups is 2. The highest BCUT2D eigenvalue weighted by atomic mass is 35.5. The van der Waals surface area contributed by atoms with Gasteiger partial charge in [-0.15, -0.1) is 0 Å². The molecule has 0 saturated carbocycles. The molecule has 0 radical (unpaired) electrons. The smallest absolute Gasteiger partial charge is 0.266 e. The molecule has 0 bridgehead atoms. The molecule has 0 spiro atoms. The lowest BCUT2D eigenvalue weighted by Crippen LogP contribution is -2.30. The van der Waals surface area contributed by atoms with E-state index in [0.717, 1.165) is 4.90 Å². The topological polar surface area (TPSA) is 37.4 Å². The van der Waals surface area contributed by atoms with E-state index < -0.39 is 11.8 Å². The third kappa shape index (κ3) is 2.04. The second kappa shape index (κ2) is 5.02. The average Bonchev–Trinajstić information content (AvgIpc) is 2.71. The lowest BCUT2D eigenvalue weighted by atomic mass is 10.1. The lowest BCUT2D eigenvalue weighted by molar-refractivity contribution is 0.0926. The molecule has 2 amide bonds. The maximum Gasteiger partial charge on any atom is 0.266 e. The van der Waals surface area contributed by atoms with Gasteiger partial charge in [0, 0.05) is 5.02 Å². The number of anilines is 1. The van der Waals surface area contributed by atoms with Crippen LogP contribution in [0.1, 0.15) is 26.3 Å². The van der Waals surface area contributed by atoms with E-state index in [1.54, 1.807) is 31.2 Å². The maximum absolute atomic E-state index is 12.5. The van der Waals surface area contributed by atoms with Crippen LogP contribution in [0.3, 0.4) is 0 Å². The Bertz CT molecular complexity index is 767. The average molecular weight is 341 g/mol. The molecule has 3 rings (SSSR count). The summed E-state index contributed by atoms with van der Waals surface area (Å²) in [4.78, 5) is 25.9. The predicted molar refractivity (Wildman–Crippen MR) is 83.8 cm³/mol. The number of carbonyl (C=O) groups excluding carboxylic acids is 2. The van der Waals surface area contributed by atoms with Gasteiger partial charge in [-0.3, -0.25) is 9.59 Å². The summed E-state index contributed by atoms with van der Waals surface area (Å²) in [5.41, 5.74) is 1.41. The van der Waals surface area contributed by atoms with Crippen molar-refractivity contribution in [1.29, 1.82) is 0 Å². The Morgan fingerprint density at radius 1 is 0.905 bits per heavy atom. The number of benzene rings is 2. The Kier molecular flexibility index (Phi) is 3.44. The highest BCUT2D eigenvalue weighted by Crippen LogP contribution is 2.42. The van der Waals surface area contributed by atoms with Crippen molar-refractivity contribution in [1.82, 2.24) is 0 Å². The zero-order chi connectivity index (χ0) is 15.3. The molecule has 0 aliphatic carbocycles. The molecular formula is C15H8Cl3NO2. The Hall–Kier alpha value is -1.55. The largest absolute Gasteiger partial charge is 0.268 e. The Balaban J connectivity index is 2.23. The van der Waals surface area contributed by atoms with E-state index in [4.69, 9.17) is 34.8 Å². The fourth-order valence-corrected chi connectivity index (χ4v) is 3.20. The number of rotatable bonds is 1. The number of imide groups is 1. The van der Waals surface area contributed by atoms with E-state index in [2.05, 4.69) is 0 Å². The van der Waals surface area contributed by atoms with Crippen LogP contribution < -0.4 is 4.90 Å². The minimum Gasteiger partial charge on any atom is -0.268 e. The highest BCUT2D eigenvalue weighted by molar-refractivity contribution is 6.46. The van der Waals surface area contributed by atoms with Crippen molar-refractivity contribution in [3.8, 4) is 0 Å². The summed E-state index contributed by atoms with van der Waals surface area (Å²) in [6.45, 7) is 1.70. The normalized spacial score (nSPS) is 13.8. The summed E-state index contributed by atoms with van der Waals surface area (Å²) in [6.07, 6.45) is 0. The molecule has 106 valence electrons.